The second-order valence-corrected chi connectivity index (χ2v) is 4.44. The van der Waals surface area contributed by atoms with E-state index < -0.39 is 0 Å². The van der Waals surface area contributed by atoms with Gasteiger partial charge in [0.25, 0.3) is 0 Å². The smallest absolute Gasteiger partial charge is 1.00 e. The van der Waals surface area contributed by atoms with Gasteiger partial charge in [0.1, 0.15) is 0 Å². The number of hydrogen-bond acceptors (Lipinski definition) is 3. The van der Waals surface area contributed by atoms with Gasteiger partial charge in [-0.25, -0.2) is 0 Å². The van der Waals surface area contributed by atoms with E-state index >= 15 is 0 Å². The predicted octanol–water partition coefficient (Wildman–Crippen LogP) is -3.47. The maximum atomic E-state index is 5.54. The molecule has 64 valence electrons. The number of hydrogen-bond donors (Lipinski definition) is 2. The van der Waals surface area contributed by atoms with Gasteiger partial charge >= 0.3 is 65.7 Å². The molecular formula is C6H11BrN3Se-. The molecule has 0 fully saturated rings. The molecule has 0 spiro atoms. The molecule has 1 rings (SSSR count). The van der Waals surface area contributed by atoms with Crippen molar-refractivity contribution in [1.82, 2.24) is 4.98 Å². The Bertz CT molecular complexity index is 224. The van der Waals surface area contributed by atoms with Crippen molar-refractivity contribution in [3.05, 3.63) is 10.1 Å². The number of nitrogen functional groups attached to an aromatic ring is 1. The van der Waals surface area contributed by atoms with E-state index in [4.69, 9.17) is 11.5 Å². The molecule has 3 nitrogen and oxygen atoms in total. The summed E-state index contributed by atoms with van der Waals surface area (Å²) in [7, 11) is 0. The summed E-state index contributed by atoms with van der Waals surface area (Å²) in [5.74, 6) is 0. The maximum Gasteiger partial charge on any atom is -1.00 e. The molecule has 0 aliphatic heterocycles. The van der Waals surface area contributed by atoms with Gasteiger partial charge in [0.2, 0.25) is 0 Å². The van der Waals surface area contributed by atoms with Gasteiger partial charge in [-0.2, -0.15) is 0 Å². The first kappa shape index (κ1) is 11.2. The van der Waals surface area contributed by atoms with E-state index in [1.165, 1.54) is 4.44 Å². The van der Waals surface area contributed by atoms with Gasteiger partial charge in [-0.05, 0) is 0 Å². The monoisotopic (exact) mass is 284 g/mol. The van der Waals surface area contributed by atoms with Crippen molar-refractivity contribution in [2.24, 2.45) is 5.73 Å². The second kappa shape index (κ2) is 4.93. The van der Waals surface area contributed by atoms with Crippen LogP contribution in [-0.4, -0.2) is 26.0 Å². The first-order valence-corrected chi connectivity index (χ1v) is 4.87. The van der Waals surface area contributed by atoms with Crippen LogP contribution in [0.3, 0.4) is 0 Å². The van der Waals surface area contributed by atoms with Gasteiger partial charge in [0, 0.05) is 0 Å². The van der Waals surface area contributed by atoms with Crippen LogP contribution in [0, 0.1) is 6.92 Å². The zero-order valence-electron chi connectivity index (χ0n) is 6.30. The number of aromatic nitrogens is 1. The molecule has 5 heteroatoms. The van der Waals surface area contributed by atoms with E-state index in [9.17, 15) is 0 Å². The summed E-state index contributed by atoms with van der Waals surface area (Å²) in [5, 5.41) is 0. The van der Waals surface area contributed by atoms with E-state index in [-0.39, 0.29) is 17.0 Å². The second-order valence-electron chi connectivity index (χ2n) is 2.10. The van der Waals surface area contributed by atoms with Crippen LogP contribution in [-0.2, 0) is 6.42 Å². The van der Waals surface area contributed by atoms with Crippen LogP contribution in [0.25, 0.3) is 0 Å². The number of anilines is 1. The van der Waals surface area contributed by atoms with Crippen LogP contribution in [0.15, 0.2) is 0 Å². The van der Waals surface area contributed by atoms with Crippen molar-refractivity contribution in [2.75, 3.05) is 12.3 Å². The summed E-state index contributed by atoms with van der Waals surface area (Å²) in [6.07, 6.45) is 0.954. The summed E-state index contributed by atoms with van der Waals surface area (Å²) in [6, 6.07) is 0. The first-order valence-electron chi connectivity index (χ1n) is 3.16. The van der Waals surface area contributed by atoms with Crippen LogP contribution < -0.4 is 28.4 Å². The van der Waals surface area contributed by atoms with E-state index in [2.05, 4.69) is 4.98 Å². The SMILES string of the molecule is Cc1nc(N)[se]c1CCN.[Br-]. The number of aryl methyl sites for hydroxylation is 1. The van der Waals surface area contributed by atoms with Crippen LogP contribution in [0.5, 0.6) is 0 Å². The molecule has 0 atom stereocenters. The zero-order valence-corrected chi connectivity index (χ0v) is 9.60. The first-order chi connectivity index (χ1) is 4.74. The summed E-state index contributed by atoms with van der Waals surface area (Å²) >= 11 is 0.295. The molecule has 1 aromatic heterocycles. The van der Waals surface area contributed by atoms with Crippen LogP contribution in [0.1, 0.15) is 10.1 Å². The Morgan fingerprint density at radius 1 is 1.55 bits per heavy atom. The van der Waals surface area contributed by atoms with E-state index in [1.54, 1.807) is 0 Å². The summed E-state index contributed by atoms with van der Waals surface area (Å²) in [5.41, 5.74) is 12.0. The van der Waals surface area contributed by atoms with Crippen molar-refractivity contribution in [3.63, 3.8) is 0 Å². The fourth-order valence-corrected chi connectivity index (χ4v) is 2.59. The molecule has 0 saturated carbocycles. The van der Waals surface area contributed by atoms with Crippen molar-refractivity contribution in [3.8, 4) is 0 Å². The molecule has 1 aromatic rings. The third kappa shape index (κ3) is 2.95. The average Bonchev–Trinajstić information content (AvgIpc) is 2.13. The molecule has 11 heavy (non-hydrogen) atoms. The molecule has 1 heterocycles. The Morgan fingerprint density at radius 2 is 2.18 bits per heavy atom. The minimum absolute atomic E-state index is 0. The van der Waals surface area contributed by atoms with Crippen molar-refractivity contribution < 1.29 is 17.0 Å². The minimum Gasteiger partial charge on any atom is -1.00 e. The third-order valence-corrected chi connectivity index (χ3v) is 3.48. The topological polar surface area (TPSA) is 64.9 Å². The van der Waals surface area contributed by atoms with Crippen LogP contribution >= 0.6 is 0 Å². The molecule has 4 N–H and O–H groups in total. The fraction of sp³-hybridized carbons (Fsp3) is 0.500. The molecule has 0 unspecified atom stereocenters. The molecule has 0 saturated heterocycles. The predicted molar refractivity (Wildman–Crippen MR) is 43.1 cm³/mol. The zero-order chi connectivity index (χ0) is 7.56. The standard InChI is InChI=1S/C6H11N3Se.BrH/c1-4-5(2-3-7)10-6(8)9-4;/h2-3,7H2,1H3,(H2,8,9);1H/p-1. The van der Waals surface area contributed by atoms with E-state index in [1.807, 2.05) is 6.92 Å². The van der Waals surface area contributed by atoms with Crippen molar-refractivity contribution in [2.45, 2.75) is 13.3 Å². The van der Waals surface area contributed by atoms with Gasteiger partial charge in [0.15, 0.2) is 0 Å². The van der Waals surface area contributed by atoms with Crippen LogP contribution in [0.4, 0.5) is 4.69 Å². The van der Waals surface area contributed by atoms with Crippen molar-refractivity contribution in [1.29, 1.82) is 0 Å². The van der Waals surface area contributed by atoms with Gasteiger partial charge in [-0.3, -0.25) is 0 Å². The summed E-state index contributed by atoms with van der Waals surface area (Å²) in [4.78, 5) is 4.14. The number of rotatable bonds is 2. The Labute approximate surface area is 82.7 Å². The third-order valence-electron chi connectivity index (χ3n) is 1.28. The van der Waals surface area contributed by atoms with Crippen LogP contribution in [0.2, 0.25) is 0 Å². The molecular weight excluding hydrogens is 273 g/mol. The fourth-order valence-electron chi connectivity index (χ4n) is 0.814. The normalized spacial score (nSPS) is 9.27. The average molecular weight is 284 g/mol. The Kier molecular flexibility index (Phi) is 5.01. The Morgan fingerprint density at radius 3 is 2.55 bits per heavy atom. The van der Waals surface area contributed by atoms with Gasteiger partial charge in [0.05, 0.1) is 0 Å². The van der Waals surface area contributed by atoms with Crippen molar-refractivity contribution >= 4 is 19.2 Å². The summed E-state index contributed by atoms with van der Waals surface area (Å²) < 4.78 is 2.14. The molecule has 0 amide bonds. The van der Waals surface area contributed by atoms with Gasteiger partial charge in [-0.15, -0.1) is 0 Å². The maximum absolute atomic E-state index is 5.54. The van der Waals surface area contributed by atoms with Gasteiger partial charge < -0.3 is 17.0 Å². The molecule has 0 aromatic carbocycles. The number of nitrogens with zero attached hydrogens (tertiary/aromatic N) is 1. The largest absolute Gasteiger partial charge is 1.00 e. The number of halogens is 1. The molecule has 0 bridgehead atoms. The minimum atomic E-state index is 0. The van der Waals surface area contributed by atoms with E-state index in [0.717, 1.165) is 16.8 Å². The van der Waals surface area contributed by atoms with E-state index in [0.29, 0.717) is 21.0 Å². The Balaban J connectivity index is 0.000001000. The summed E-state index contributed by atoms with van der Waals surface area (Å²) in [6.45, 7) is 2.70. The quantitative estimate of drug-likeness (QED) is 0.555. The number of nitrogens with two attached hydrogens (primary N) is 2. The molecule has 0 radical (unpaired) electrons. The molecule has 0 aliphatic rings. The van der Waals surface area contributed by atoms with Gasteiger partial charge in [-0.1, -0.05) is 0 Å². The molecule has 0 aliphatic carbocycles. The Hall–Kier alpha value is 0.169.